The van der Waals surface area contributed by atoms with E-state index in [0.29, 0.717) is 35.5 Å². The molecule has 2 heterocycles. The molecule has 3 N–H and O–H groups in total. The maximum Gasteiger partial charge on any atom is 0.418 e. The summed E-state index contributed by atoms with van der Waals surface area (Å²) < 4.78 is 46.4. The molecule has 0 fully saturated rings. The van der Waals surface area contributed by atoms with Crippen molar-refractivity contribution in [2.24, 2.45) is 5.73 Å². The van der Waals surface area contributed by atoms with Crippen molar-refractivity contribution in [2.75, 3.05) is 13.7 Å². The van der Waals surface area contributed by atoms with Gasteiger partial charge in [0.25, 0.3) is 0 Å². The van der Waals surface area contributed by atoms with Gasteiger partial charge in [0, 0.05) is 16.8 Å². The van der Waals surface area contributed by atoms with Crippen molar-refractivity contribution in [3.63, 3.8) is 0 Å². The van der Waals surface area contributed by atoms with Crippen LogP contribution in [0.15, 0.2) is 48.5 Å². The predicted molar refractivity (Wildman–Crippen MR) is 113 cm³/mol. The second-order valence-electron chi connectivity index (χ2n) is 7.18. The van der Waals surface area contributed by atoms with E-state index in [0.717, 1.165) is 35.4 Å². The second-order valence-corrected chi connectivity index (χ2v) is 7.18. The van der Waals surface area contributed by atoms with Gasteiger partial charge in [-0.05, 0) is 49.6 Å². The maximum atomic E-state index is 13.6. The van der Waals surface area contributed by atoms with Gasteiger partial charge in [-0.1, -0.05) is 24.3 Å². The molecule has 0 aliphatic carbocycles. The molecule has 0 atom stereocenters. The molecule has 0 bridgehead atoms. The third-order valence-corrected chi connectivity index (χ3v) is 5.28. The van der Waals surface area contributed by atoms with Crippen LogP contribution in [0, 0.1) is 0 Å². The first-order valence-electron chi connectivity index (χ1n) is 9.79. The Morgan fingerprint density at radius 3 is 2.53 bits per heavy atom. The number of ether oxygens (including phenoxy) is 1. The highest BCUT2D eigenvalue weighted by Gasteiger charge is 2.34. The molecule has 0 aliphatic heterocycles. The van der Waals surface area contributed by atoms with Crippen LogP contribution >= 0.6 is 0 Å². The lowest BCUT2D eigenvalue weighted by Gasteiger charge is -2.10. The number of aromatic nitrogens is 2. The van der Waals surface area contributed by atoms with Crippen molar-refractivity contribution in [3.05, 3.63) is 59.7 Å². The highest BCUT2D eigenvalue weighted by molar-refractivity contribution is 5.94. The number of pyridine rings is 1. The van der Waals surface area contributed by atoms with Crippen LogP contribution in [-0.2, 0) is 12.6 Å². The Morgan fingerprint density at radius 2 is 1.80 bits per heavy atom. The molecule has 2 aromatic heterocycles. The van der Waals surface area contributed by atoms with Crippen molar-refractivity contribution in [3.8, 4) is 17.1 Å². The third kappa shape index (κ3) is 3.61. The third-order valence-electron chi connectivity index (χ3n) is 5.28. The first-order chi connectivity index (χ1) is 14.4. The molecule has 0 saturated carbocycles. The van der Waals surface area contributed by atoms with Crippen molar-refractivity contribution in [1.29, 1.82) is 0 Å². The van der Waals surface area contributed by atoms with Crippen LogP contribution in [0.5, 0.6) is 5.75 Å². The van der Waals surface area contributed by atoms with Crippen LogP contribution < -0.4 is 10.5 Å². The fraction of sp³-hybridized carbons (Fsp3) is 0.261. The highest BCUT2D eigenvalue weighted by Crippen LogP contribution is 2.40. The van der Waals surface area contributed by atoms with Crippen LogP contribution in [0.25, 0.3) is 33.2 Å². The lowest BCUT2D eigenvalue weighted by Crippen LogP contribution is -2.05. The van der Waals surface area contributed by atoms with Gasteiger partial charge in [0.1, 0.15) is 5.75 Å². The largest absolute Gasteiger partial charge is 0.496 e. The molecule has 4 rings (SSSR count). The summed E-state index contributed by atoms with van der Waals surface area (Å²) in [7, 11) is 1.57. The Hall–Kier alpha value is -3.06. The summed E-state index contributed by atoms with van der Waals surface area (Å²) in [6.07, 6.45) is -2.29. The molecule has 0 saturated heterocycles. The Balaban J connectivity index is 1.97. The monoisotopic (exact) mass is 413 g/mol. The molecule has 2 aromatic carbocycles. The van der Waals surface area contributed by atoms with Crippen LogP contribution in [0.2, 0.25) is 0 Å². The van der Waals surface area contributed by atoms with Crippen molar-refractivity contribution in [1.82, 2.24) is 9.97 Å². The number of aromatic amines is 1. The van der Waals surface area contributed by atoms with Crippen molar-refractivity contribution < 1.29 is 17.9 Å². The van der Waals surface area contributed by atoms with Crippen molar-refractivity contribution in [2.45, 2.75) is 25.4 Å². The number of methoxy groups -OCH3 is 1. The second kappa shape index (κ2) is 7.99. The Kier molecular flexibility index (Phi) is 5.39. The van der Waals surface area contributed by atoms with Gasteiger partial charge in [0.2, 0.25) is 0 Å². The number of alkyl halides is 3. The fourth-order valence-electron chi connectivity index (χ4n) is 3.87. The van der Waals surface area contributed by atoms with E-state index in [4.69, 9.17) is 15.5 Å². The number of halogens is 3. The summed E-state index contributed by atoms with van der Waals surface area (Å²) in [6, 6.07) is 13.6. The summed E-state index contributed by atoms with van der Waals surface area (Å²) >= 11 is 0. The number of nitrogens with zero attached hydrogens (tertiary/aromatic N) is 1. The molecule has 4 aromatic rings. The van der Waals surface area contributed by atoms with Gasteiger partial charge in [0.15, 0.2) is 0 Å². The average molecular weight is 413 g/mol. The number of fused-ring (bicyclic) bond motifs is 2. The molecular formula is C23H22F3N3O. The lowest BCUT2D eigenvalue weighted by atomic mass is 10.0. The number of para-hydroxylation sites is 2. The van der Waals surface area contributed by atoms with Gasteiger partial charge in [0.05, 0.1) is 35.1 Å². The van der Waals surface area contributed by atoms with Gasteiger partial charge in [-0.15, -0.1) is 0 Å². The van der Waals surface area contributed by atoms with Crippen LogP contribution in [0.4, 0.5) is 13.2 Å². The van der Waals surface area contributed by atoms with Gasteiger partial charge in [-0.2, -0.15) is 13.2 Å². The number of unbranched alkanes of at least 4 members (excludes halogenated alkanes) is 1. The van der Waals surface area contributed by atoms with E-state index in [9.17, 15) is 13.2 Å². The molecule has 0 unspecified atom stereocenters. The molecule has 0 radical (unpaired) electrons. The number of benzene rings is 2. The van der Waals surface area contributed by atoms with E-state index in [1.54, 1.807) is 19.2 Å². The quantitative estimate of drug-likeness (QED) is 0.399. The fourth-order valence-corrected chi connectivity index (χ4v) is 3.87. The zero-order chi connectivity index (χ0) is 21.3. The molecule has 4 nitrogen and oxygen atoms in total. The number of rotatable bonds is 6. The van der Waals surface area contributed by atoms with Gasteiger partial charge in [-0.25, -0.2) is 4.98 Å². The minimum atomic E-state index is -4.45. The highest BCUT2D eigenvalue weighted by atomic mass is 19.4. The van der Waals surface area contributed by atoms with E-state index in [-0.39, 0.29) is 5.52 Å². The van der Waals surface area contributed by atoms with E-state index in [1.807, 2.05) is 24.3 Å². The molecule has 0 spiro atoms. The van der Waals surface area contributed by atoms with Crippen LogP contribution in [-0.4, -0.2) is 23.6 Å². The van der Waals surface area contributed by atoms with Gasteiger partial charge < -0.3 is 15.5 Å². The summed E-state index contributed by atoms with van der Waals surface area (Å²) in [5.41, 5.74) is 7.70. The molecule has 156 valence electrons. The summed E-state index contributed by atoms with van der Waals surface area (Å²) in [5.74, 6) is 0.623. The van der Waals surface area contributed by atoms with Gasteiger partial charge >= 0.3 is 6.18 Å². The summed E-state index contributed by atoms with van der Waals surface area (Å²) in [6.45, 7) is 0.535. The van der Waals surface area contributed by atoms with Crippen LogP contribution in [0.3, 0.4) is 0 Å². The lowest BCUT2D eigenvalue weighted by molar-refractivity contribution is -0.136. The molecule has 0 amide bonds. The number of hydrogen-bond donors (Lipinski definition) is 2. The number of aryl methyl sites for hydroxylation is 1. The first-order valence-corrected chi connectivity index (χ1v) is 9.79. The average Bonchev–Trinajstić information content (AvgIpc) is 3.11. The zero-order valence-corrected chi connectivity index (χ0v) is 16.5. The SMILES string of the molecule is COc1cc(-c2[nH]c3c(C(F)(F)F)cccc3c2CCCCN)nc2ccccc12. The molecule has 7 heteroatoms. The summed E-state index contributed by atoms with van der Waals surface area (Å²) in [4.78, 5) is 7.74. The Bertz CT molecular complexity index is 1200. The normalized spacial score (nSPS) is 12.0. The predicted octanol–water partition coefficient (Wildman–Crippen LogP) is 5.69. The maximum absolute atomic E-state index is 13.6. The van der Waals surface area contributed by atoms with Gasteiger partial charge in [-0.3, -0.25) is 0 Å². The van der Waals surface area contributed by atoms with Crippen LogP contribution in [0.1, 0.15) is 24.0 Å². The summed E-state index contributed by atoms with van der Waals surface area (Å²) in [5, 5.41) is 1.41. The minimum absolute atomic E-state index is 0.0803. The minimum Gasteiger partial charge on any atom is -0.496 e. The van der Waals surface area contributed by atoms with E-state index in [2.05, 4.69) is 4.98 Å². The van der Waals surface area contributed by atoms with E-state index >= 15 is 0 Å². The number of H-pyrrole nitrogens is 1. The molecule has 30 heavy (non-hydrogen) atoms. The first kappa shape index (κ1) is 20.2. The Morgan fingerprint density at radius 1 is 1.03 bits per heavy atom. The number of nitrogens with two attached hydrogens (primary N) is 1. The van der Waals surface area contributed by atoms with Crippen molar-refractivity contribution >= 4 is 21.8 Å². The van der Waals surface area contributed by atoms with E-state index < -0.39 is 11.7 Å². The molecular weight excluding hydrogens is 391 g/mol. The topological polar surface area (TPSA) is 63.9 Å². The number of nitrogens with one attached hydrogen (secondary N) is 1. The Labute approximate surface area is 171 Å². The standard InChI is InChI=1S/C23H22F3N3O/c1-30-20-13-19(28-18-11-3-2-8-16(18)20)22-15(7-4-5-12-27)14-9-6-10-17(21(14)29-22)23(24,25)26/h2-3,6,8-11,13,29H,4-5,7,12,27H2,1H3. The van der Waals surface area contributed by atoms with E-state index in [1.165, 1.54) is 6.07 Å². The smallest absolute Gasteiger partial charge is 0.418 e. The molecule has 0 aliphatic rings. The zero-order valence-electron chi connectivity index (χ0n) is 16.5. The number of hydrogen-bond acceptors (Lipinski definition) is 3.